The summed E-state index contributed by atoms with van der Waals surface area (Å²) in [5, 5.41) is 2.87. The average Bonchev–Trinajstić information content (AvgIpc) is 2.54. The summed E-state index contributed by atoms with van der Waals surface area (Å²) < 4.78 is 0. The topological polar surface area (TPSA) is 55.1 Å². The third-order valence-electron chi connectivity index (χ3n) is 2.82. The van der Waals surface area contributed by atoms with Gasteiger partial charge in [-0.25, -0.2) is 0 Å². The van der Waals surface area contributed by atoms with Crippen molar-refractivity contribution in [2.75, 3.05) is 0 Å². The molecule has 0 atom stereocenters. The van der Waals surface area contributed by atoms with E-state index < -0.39 is 5.41 Å². The minimum absolute atomic E-state index is 0.131. The minimum atomic E-state index is -0.795. The molecule has 3 N–H and O–H groups in total. The van der Waals surface area contributed by atoms with E-state index in [4.69, 9.17) is 18.0 Å². The van der Waals surface area contributed by atoms with Crippen LogP contribution >= 0.6 is 23.6 Å². The highest BCUT2D eigenvalue weighted by atomic mass is 32.1. The molecule has 1 aromatic rings. The number of hydrogen-bond donors (Lipinski definition) is 2. The molecule has 0 spiro atoms. The summed E-state index contributed by atoms with van der Waals surface area (Å²) in [5.74, 6) is -0.131. The molecule has 17 heavy (non-hydrogen) atoms. The van der Waals surface area contributed by atoms with Crippen LogP contribution in [0.15, 0.2) is 6.07 Å². The Balaban J connectivity index is 2.63. The summed E-state index contributed by atoms with van der Waals surface area (Å²) in [7, 11) is 0. The Labute approximate surface area is 111 Å². The Morgan fingerprint density at radius 3 is 2.53 bits per heavy atom. The number of hydrogen-bond acceptors (Lipinski definition) is 3. The highest BCUT2D eigenvalue weighted by molar-refractivity contribution is 7.80. The average molecular weight is 270 g/mol. The van der Waals surface area contributed by atoms with Crippen LogP contribution < -0.4 is 11.1 Å². The fraction of sp³-hybridized carbons (Fsp3) is 0.500. The number of nitrogens with one attached hydrogen (secondary N) is 1. The van der Waals surface area contributed by atoms with Gasteiger partial charge in [-0.3, -0.25) is 4.79 Å². The summed E-state index contributed by atoms with van der Waals surface area (Å²) in [6.45, 7) is 8.13. The first kappa shape index (κ1) is 14.1. The third kappa shape index (κ3) is 3.26. The first-order valence-electron chi connectivity index (χ1n) is 5.39. The van der Waals surface area contributed by atoms with E-state index in [0.29, 0.717) is 6.54 Å². The van der Waals surface area contributed by atoms with E-state index in [2.05, 4.69) is 25.2 Å². The lowest BCUT2D eigenvalue weighted by Gasteiger charge is -2.21. The molecule has 0 aromatic carbocycles. The Morgan fingerprint density at radius 2 is 2.12 bits per heavy atom. The molecule has 0 saturated carbocycles. The number of carbonyl (C=O) groups is 1. The van der Waals surface area contributed by atoms with Crippen molar-refractivity contribution in [3.05, 3.63) is 21.4 Å². The van der Waals surface area contributed by atoms with Gasteiger partial charge in [0.25, 0.3) is 0 Å². The molecule has 3 nitrogen and oxygen atoms in total. The van der Waals surface area contributed by atoms with Crippen LogP contribution in [0.2, 0.25) is 0 Å². The van der Waals surface area contributed by atoms with Crippen molar-refractivity contribution in [2.45, 2.75) is 34.2 Å². The van der Waals surface area contributed by atoms with Gasteiger partial charge < -0.3 is 11.1 Å². The van der Waals surface area contributed by atoms with Gasteiger partial charge in [0.15, 0.2) is 0 Å². The lowest BCUT2D eigenvalue weighted by atomic mass is 9.92. The molecule has 1 heterocycles. The Hall–Kier alpha value is -0.940. The van der Waals surface area contributed by atoms with Gasteiger partial charge in [0, 0.05) is 9.75 Å². The molecule has 0 aliphatic carbocycles. The summed E-state index contributed by atoms with van der Waals surface area (Å²) in [4.78, 5) is 14.5. The second-order valence-corrected chi connectivity index (χ2v) is 6.40. The van der Waals surface area contributed by atoms with Crippen LogP contribution in [-0.2, 0) is 11.3 Å². The molecule has 1 aromatic heterocycles. The lowest BCUT2D eigenvalue weighted by molar-refractivity contribution is -0.126. The van der Waals surface area contributed by atoms with Gasteiger partial charge in [0.2, 0.25) is 5.91 Å². The fourth-order valence-corrected chi connectivity index (χ4v) is 2.32. The number of thiocarbonyl (C=S) groups is 1. The van der Waals surface area contributed by atoms with E-state index in [-0.39, 0.29) is 10.9 Å². The van der Waals surface area contributed by atoms with Gasteiger partial charge in [-0.15, -0.1) is 11.3 Å². The SMILES string of the molecule is Cc1cc(CNC(=O)C(C)(C)C(N)=S)sc1C. The molecular formula is C12H18N2OS2. The summed E-state index contributed by atoms with van der Waals surface area (Å²) >= 11 is 6.58. The Morgan fingerprint density at radius 1 is 1.53 bits per heavy atom. The zero-order valence-electron chi connectivity index (χ0n) is 10.6. The maximum absolute atomic E-state index is 11.9. The van der Waals surface area contributed by atoms with Gasteiger partial charge in [0.05, 0.1) is 16.9 Å². The van der Waals surface area contributed by atoms with Crippen molar-refractivity contribution in [1.82, 2.24) is 5.32 Å². The van der Waals surface area contributed by atoms with Crippen LogP contribution in [-0.4, -0.2) is 10.9 Å². The maximum Gasteiger partial charge on any atom is 0.232 e. The van der Waals surface area contributed by atoms with Crippen LogP contribution in [0.4, 0.5) is 0 Å². The van der Waals surface area contributed by atoms with E-state index in [1.165, 1.54) is 10.4 Å². The molecule has 0 saturated heterocycles. The van der Waals surface area contributed by atoms with Crippen LogP contribution in [0.3, 0.4) is 0 Å². The molecule has 1 amide bonds. The van der Waals surface area contributed by atoms with Crippen molar-refractivity contribution >= 4 is 34.5 Å². The molecule has 0 radical (unpaired) electrons. The molecule has 0 fully saturated rings. The zero-order valence-corrected chi connectivity index (χ0v) is 12.2. The summed E-state index contributed by atoms with van der Waals surface area (Å²) in [6, 6.07) is 2.09. The minimum Gasteiger partial charge on any atom is -0.392 e. The van der Waals surface area contributed by atoms with E-state index in [0.717, 1.165) is 4.88 Å². The second kappa shape index (κ2) is 5.14. The maximum atomic E-state index is 11.9. The first-order valence-corrected chi connectivity index (χ1v) is 6.61. The highest BCUT2D eigenvalue weighted by Gasteiger charge is 2.30. The first-order chi connectivity index (χ1) is 7.75. The molecule has 5 heteroatoms. The number of aryl methyl sites for hydroxylation is 2. The number of rotatable bonds is 4. The smallest absolute Gasteiger partial charge is 0.232 e. The predicted octanol–water partition coefficient (Wildman–Crippen LogP) is 2.29. The molecule has 0 bridgehead atoms. The van der Waals surface area contributed by atoms with Crippen LogP contribution in [0.25, 0.3) is 0 Å². The second-order valence-electron chi connectivity index (χ2n) is 4.62. The summed E-state index contributed by atoms with van der Waals surface area (Å²) in [5.41, 5.74) is 6.00. The van der Waals surface area contributed by atoms with Crippen molar-refractivity contribution in [3.63, 3.8) is 0 Å². The number of nitrogens with two attached hydrogens (primary N) is 1. The number of amides is 1. The van der Waals surface area contributed by atoms with Crippen LogP contribution in [0.5, 0.6) is 0 Å². The van der Waals surface area contributed by atoms with Crippen molar-refractivity contribution in [3.8, 4) is 0 Å². The van der Waals surface area contributed by atoms with Crippen molar-refractivity contribution < 1.29 is 4.79 Å². The van der Waals surface area contributed by atoms with E-state index in [1.54, 1.807) is 25.2 Å². The van der Waals surface area contributed by atoms with Gasteiger partial charge in [-0.1, -0.05) is 12.2 Å². The van der Waals surface area contributed by atoms with E-state index >= 15 is 0 Å². The van der Waals surface area contributed by atoms with Gasteiger partial charge in [-0.2, -0.15) is 0 Å². The largest absolute Gasteiger partial charge is 0.392 e. The quantitative estimate of drug-likeness (QED) is 0.825. The van der Waals surface area contributed by atoms with E-state index in [1.807, 2.05) is 0 Å². The van der Waals surface area contributed by atoms with Gasteiger partial charge in [0.1, 0.15) is 0 Å². The normalized spacial score (nSPS) is 11.3. The van der Waals surface area contributed by atoms with Crippen LogP contribution in [0.1, 0.15) is 29.2 Å². The van der Waals surface area contributed by atoms with Gasteiger partial charge in [-0.05, 0) is 39.3 Å². The van der Waals surface area contributed by atoms with Crippen molar-refractivity contribution in [2.24, 2.45) is 11.1 Å². The fourth-order valence-electron chi connectivity index (χ4n) is 1.24. The molecule has 1 rings (SSSR count). The monoisotopic (exact) mass is 270 g/mol. The standard InChI is InChI=1S/C12H18N2OS2/c1-7-5-9(17-8(7)2)6-14-11(15)12(3,4)10(13)16/h5H,6H2,1-4H3,(H2,13,16)(H,14,15). The number of thiophene rings is 1. The molecular weight excluding hydrogens is 252 g/mol. The molecule has 0 unspecified atom stereocenters. The van der Waals surface area contributed by atoms with Gasteiger partial charge >= 0.3 is 0 Å². The molecule has 0 aliphatic rings. The lowest BCUT2D eigenvalue weighted by Crippen LogP contribution is -2.44. The molecule has 0 aliphatic heterocycles. The Kier molecular flexibility index (Phi) is 4.27. The van der Waals surface area contributed by atoms with Crippen LogP contribution in [0, 0.1) is 19.3 Å². The summed E-state index contributed by atoms with van der Waals surface area (Å²) in [6.07, 6.45) is 0. The third-order valence-corrected chi connectivity index (χ3v) is 4.49. The highest BCUT2D eigenvalue weighted by Crippen LogP contribution is 2.21. The van der Waals surface area contributed by atoms with E-state index in [9.17, 15) is 4.79 Å². The van der Waals surface area contributed by atoms with Crippen molar-refractivity contribution in [1.29, 1.82) is 0 Å². The zero-order chi connectivity index (χ0) is 13.2. The predicted molar refractivity (Wildman–Crippen MR) is 76.2 cm³/mol. The molecule has 94 valence electrons. The Bertz CT molecular complexity index is 430. The number of carbonyl (C=O) groups excluding carboxylic acids is 1.